The van der Waals surface area contributed by atoms with Crippen LogP contribution in [-0.4, -0.2) is 24.4 Å². The molecule has 7 heteroatoms. The van der Waals surface area contributed by atoms with Crippen molar-refractivity contribution in [1.29, 1.82) is 0 Å². The monoisotopic (exact) mass is 304 g/mol. The van der Waals surface area contributed by atoms with Crippen molar-refractivity contribution in [2.24, 2.45) is 5.73 Å². The standard InChI is InChI=1S/C14H12N2O4S/c15-12(17)8-20-14(19)9-3-1-4-10(7-9)16-13(18)11-5-2-6-21-11/h1-7H,8H2,(H2,15,17)(H,16,18). The lowest BCUT2D eigenvalue weighted by Gasteiger charge is -2.06. The Hall–Kier alpha value is -2.67. The second kappa shape index (κ2) is 6.67. The molecule has 0 fully saturated rings. The van der Waals surface area contributed by atoms with Crippen molar-refractivity contribution >= 4 is 34.8 Å². The van der Waals surface area contributed by atoms with Crippen molar-refractivity contribution < 1.29 is 19.1 Å². The third-order valence-corrected chi connectivity index (χ3v) is 3.32. The van der Waals surface area contributed by atoms with Gasteiger partial charge in [0, 0.05) is 5.69 Å². The SMILES string of the molecule is NC(=O)COC(=O)c1cccc(NC(=O)c2cccs2)c1. The van der Waals surface area contributed by atoms with Gasteiger partial charge in [-0.05, 0) is 29.6 Å². The lowest BCUT2D eigenvalue weighted by Crippen LogP contribution is -2.21. The third-order valence-electron chi connectivity index (χ3n) is 2.45. The van der Waals surface area contributed by atoms with E-state index in [9.17, 15) is 14.4 Å². The summed E-state index contributed by atoms with van der Waals surface area (Å²) in [6, 6.07) is 9.71. The number of hydrogen-bond acceptors (Lipinski definition) is 5. The Balaban J connectivity index is 2.05. The first-order chi connectivity index (χ1) is 10.1. The van der Waals surface area contributed by atoms with Crippen molar-refractivity contribution in [3.63, 3.8) is 0 Å². The van der Waals surface area contributed by atoms with Crippen molar-refractivity contribution in [2.75, 3.05) is 11.9 Å². The second-order valence-corrected chi connectivity index (χ2v) is 5.00. The molecular weight excluding hydrogens is 292 g/mol. The molecule has 0 saturated carbocycles. The van der Waals surface area contributed by atoms with Gasteiger partial charge in [0.2, 0.25) is 0 Å². The van der Waals surface area contributed by atoms with E-state index >= 15 is 0 Å². The zero-order valence-electron chi connectivity index (χ0n) is 10.9. The van der Waals surface area contributed by atoms with Crippen LogP contribution >= 0.6 is 11.3 Å². The number of esters is 1. The fraction of sp³-hybridized carbons (Fsp3) is 0.0714. The number of amides is 2. The summed E-state index contributed by atoms with van der Waals surface area (Å²) in [6.45, 7) is -0.482. The van der Waals surface area contributed by atoms with Gasteiger partial charge >= 0.3 is 5.97 Å². The van der Waals surface area contributed by atoms with Gasteiger partial charge in [0.15, 0.2) is 6.61 Å². The average Bonchev–Trinajstić information content (AvgIpc) is 2.99. The number of anilines is 1. The number of primary amides is 1. The van der Waals surface area contributed by atoms with Crippen molar-refractivity contribution in [1.82, 2.24) is 0 Å². The highest BCUT2D eigenvalue weighted by atomic mass is 32.1. The van der Waals surface area contributed by atoms with Gasteiger partial charge in [0.05, 0.1) is 10.4 Å². The Kier molecular flexibility index (Phi) is 4.68. The van der Waals surface area contributed by atoms with Gasteiger partial charge in [-0.1, -0.05) is 12.1 Å². The number of benzene rings is 1. The van der Waals surface area contributed by atoms with Crippen LogP contribution in [0, 0.1) is 0 Å². The first-order valence-corrected chi connectivity index (χ1v) is 6.84. The summed E-state index contributed by atoms with van der Waals surface area (Å²) < 4.78 is 4.70. The predicted octanol–water partition coefficient (Wildman–Crippen LogP) is 1.64. The zero-order valence-corrected chi connectivity index (χ0v) is 11.7. The summed E-state index contributed by atoms with van der Waals surface area (Å²) in [6.07, 6.45) is 0. The number of nitrogens with one attached hydrogen (secondary N) is 1. The van der Waals surface area contributed by atoms with Crippen LogP contribution in [-0.2, 0) is 9.53 Å². The minimum Gasteiger partial charge on any atom is -0.452 e. The maximum absolute atomic E-state index is 11.9. The Morgan fingerprint density at radius 3 is 2.67 bits per heavy atom. The molecule has 0 atom stereocenters. The molecule has 2 rings (SSSR count). The first kappa shape index (κ1) is 14.7. The van der Waals surface area contributed by atoms with Gasteiger partial charge in [0.1, 0.15) is 0 Å². The molecule has 2 aromatic rings. The molecule has 0 unspecified atom stereocenters. The molecule has 6 nitrogen and oxygen atoms in total. The molecule has 0 saturated heterocycles. The molecule has 0 spiro atoms. The minimum atomic E-state index is -0.731. The second-order valence-electron chi connectivity index (χ2n) is 4.05. The van der Waals surface area contributed by atoms with E-state index in [1.807, 2.05) is 0 Å². The summed E-state index contributed by atoms with van der Waals surface area (Å²) >= 11 is 1.32. The number of hydrogen-bond donors (Lipinski definition) is 2. The highest BCUT2D eigenvalue weighted by molar-refractivity contribution is 7.12. The fourth-order valence-corrected chi connectivity index (χ4v) is 2.16. The van der Waals surface area contributed by atoms with E-state index in [1.165, 1.54) is 23.5 Å². The average molecular weight is 304 g/mol. The number of thiophene rings is 1. The van der Waals surface area contributed by atoms with E-state index in [0.717, 1.165) is 0 Å². The van der Waals surface area contributed by atoms with E-state index < -0.39 is 18.5 Å². The van der Waals surface area contributed by atoms with Gasteiger partial charge in [-0.3, -0.25) is 9.59 Å². The van der Waals surface area contributed by atoms with Crippen LogP contribution in [0.4, 0.5) is 5.69 Å². The largest absolute Gasteiger partial charge is 0.452 e. The van der Waals surface area contributed by atoms with Crippen LogP contribution in [0.3, 0.4) is 0 Å². The molecule has 0 bridgehead atoms. The lowest BCUT2D eigenvalue weighted by molar-refractivity contribution is -0.121. The normalized spacial score (nSPS) is 9.90. The van der Waals surface area contributed by atoms with Crippen LogP contribution in [0.5, 0.6) is 0 Å². The molecule has 0 aliphatic rings. The first-order valence-electron chi connectivity index (χ1n) is 5.96. The number of carbonyl (C=O) groups is 3. The summed E-state index contributed by atoms with van der Waals surface area (Å²) in [7, 11) is 0. The van der Waals surface area contributed by atoms with Crippen molar-refractivity contribution in [3.05, 3.63) is 52.2 Å². The predicted molar refractivity (Wildman–Crippen MR) is 78.2 cm³/mol. The molecule has 1 aromatic carbocycles. The molecule has 0 aliphatic heterocycles. The Morgan fingerprint density at radius 1 is 1.19 bits per heavy atom. The fourth-order valence-electron chi connectivity index (χ4n) is 1.54. The lowest BCUT2D eigenvalue weighted by atomic mass is 10.2. The van der Waals surface area contributed by atoms with Gasteiger partial charge < -0.3 is 15.8 Å². The van der Waals surface area contributed by atoms with Crippen LogP contribution in [0.1, 0.15) is 20.0 Å². The molecule has 0 radical (unpaired) electrons. The molecule has 2 amide bonds. The molecule has 3 N–H and O–H groups in total. The van der Waals surface area contributed by atoms with Crippen LogP contribution in [0.2, 0.25) is 0 Å². The maximum Gasteiger partial charge on any atom is 0.338 e. The molecule has 1 heterocycles. The maximum atomic E-state index is 11.9. The summed E-state index contributed by atoms with van der Waals surface area (Å²) in [5.41, 5.74) is 5.58. The van der Waals surface area contributed by atoms with Gasteiger partial charge in [-0.2, -0.15) is 0 Å². The Labute approximate surface area is 124 Å². The summed E-state index contributed by atoms with van der Waals surface area (Å²) in [5, 5.41) is 4.47. The molecule has 1 aromatic heterocycles. The van der Waals surface area contributed by atoms with E-state index in [0.29, 0.717) is 10.6 Å². The van der Waals surface area contributed by atoms with Crippen LogP contribution in [0.15, 0.2) is 41.8 Å². The topological polar surface area (TPSA) is 98.5 Å². The molecular formula is C14H12N2O4S. The Morgan fingerprint density at radius 2 is 2.00 bits per heavy atom. The van der Waals surface area contributed by atoms with Crippen LogP contribution < -0.4 is 11.1 Å². The third kappa shape index (κ3) is 4.15. The van der Waals surface area contributed by atoms with Crippen LogP contribution in [0.25, 0.3) is 0 Å². The quantitative estimate of drug-likeness (QED) is 0.820. The van der Waals surface area contributed by atoms with Gasteiger partial charge in [-0.25, -0.2) is 4.79 Å². The van der Waals surface area contributed by atoms with Gasteiger partial charge in [-0.15, -0.1) is 11.3 Å². The molecule has 21 heavy (non-hydrogen) atoms. The van der Waals surface area contributed by atoms with Crippen molar-refractivity contribution in [2.45, 2.75) is 0 Å². The van der Waals surface area contributed by atoms with E-state index in [2.05, 4.69) is 5.32 Å². The highest BCUT2D eigenvalue weighted by Crippen LogP contribution is 2.15. The molecule has 0 aliphatic carbocycles. The number of rotatable bonds is 5. The molecule has 108 valence electrons. The minimum absolute atomic E-state index is 0.222. The number of carbonyl (C=O) groups excluding carboxylic acids is 3. The van der Waals surface area contributed by atoms with Gasteiger partial charge in [0.25, 0.3) is 11.8 Å². The smallest absolute Gasteiger partial charge is 0.338 e. The van der Waals surface area contributed by atoms with E-state index in [4.69, 9.17) is 10.5 Å². The number of nitrogens with two attached hydrogens (primary N) is 1. The number of ether oxygens (including phenoxy) is 1. The summed E-state index contributed by atoms with van der Waals surface area (Å²) in [4.78, 5) is 34.7. The van der Waals surface area contributed by atoms with Crippen molar-refractivity contribution in [3.8, 4) is 0 Å². The zero-order chi connectivity index (χ0) is 15.2. The van der Waals surface area contributed by atoms with E-state index in [1.54, 1.807) is 29.6 Å². The summed E-state index contributed by atoms with van der Waals surface area (Å²) in [5.74, 6) is -1.67. The van der Waals surface area contributed by atoms with E-state index in [-0.39, 0.29) is 11.5 Å². The Bertz CT molecular complexity index is 667. The highest BCUT2D eigenvalue weighted by Gasteiger charge is 2.11.